The Morgan fingerprint density at radius 3 is 2.55 bits per heavy atom. The van der Waals surface area contributed by atoms with Gasteiger partial charge in [-0.25, -0.2) is 13.1 Å². The molecule has 0 saturated carbocycles. The quantitative estimate of drug-likeness (QED) is 0.806. The third-order valence-electron chi connectivity index (χ3n) is 2.67. The summed E-state index contributed by atoms with van der Waals surface area (Å²) in [5, 5.41) is 0.396. The third-order valence-corrected chi connectivity index (χ3v) is 5.16. The molecule has 0 aromatic heterocycles. The van der Waals surface area contributed by atoms with Crippen molar-refractivity contribution in [2.45, 2.75) is 11.4 Å². The maximum Gasteiger partial charge on any atom is 0.242 e. The number of hydrogen-bond donors (Lipinski definition) is 2. The number of benzene rings is 2. The summed E-state index contributed by atoms with van der Waals surface area (Å²) in [6, 6.07) is 11.7. The van der Waals surface area contributed by atoms with E-state index in [1.54, 1.807) is 0 Å². The molecule has 2 aromatic carbocycles. The van der Waals surface area contributed by atoms with Crippen LogP contribution in [0.5, 0.6) is 0 Å². The molecule has 0 atom stereocenters. The van der Waals surface area contributed by atoms with Crippen LogP contribution in [0.15, 0.2) is 51.8 Å². The molecule has 0 bridgehead atoms. The van der Waals surface area contributed by atoms with Gasteiger partial charge in [0, 0.05) is 16.0 Å². The van der Waals surface area contributed by atoms with E-state index >= 15 is 0 Å². The average molecular weight is 376 g/mol. The van der Waals surface area contributed by atoms with E-state index in [9.17, 15) is 8.42 Å². The highest BCUT2D eigenvalue weighted by Crippen LogP contribution is 2.23. The predicted octanol–water partition coefficient (Wildman–Crippen LogP) is 3.16. The Morgan fingerprint density at radius 2 is 1.90 bits per heavy atom. The molecule has 0 aliphatic heterocycles. The van der Waals surface area contributed by atoms with E-state index < -0.39 is 10.0 Å². The van der Waals surface area contributed by atoms with Gasteiger partial charge in [0.05, 0.1) is 5.69 Å². The minimum atomic E-state index is -3.68. The average Bonchev–Trinajstić information content (AvgIpc) is 2.37. The van der Waals surface area contributed by atoms with E-state index in [-0.39, 0.29) is 17.1 Å². The molecule has 2 rings (SSSR count). The fraction of sp³-hybridized carbons (Fsp3) is 0.0769. The molecule has 4 nitrogen and oxygen atoms in total. The highest BCUT2D eigenvalue weighted by Gasteiger charge is 2.17. The summed E-state index contributed by atoms with van der Waals surface area (Å²) >= 11 is 9.13. The van der Waals surface area contributed by atoms with Crippen molar-refractivity contribution in [1.82, 2.24) is 4.72 Å². The summed E-state index contributed by atoms with van der Waals surface area (Å²) in [4.78, 5) is 0.0222. The molecule has 3 N–H and O–H groups in total. The van der Waals surface area contributed by atoms with Crippen LogP contribution in [0, 0.1) is 0 Å². The van der Waals surface area contributed by atoms with Gasteiger partial charge in [0.15, 0.2) is 0 Å². The van der Waals surface area contributed by atoms with Gasteiger partial charge in [0.1, 0.15) is 4.90 Å². The molecule has 0 amide bonds. The molecule has 0 spiro atoms. The lowest BCUT2D eigenvalue weighted by molar-refractivity contribution is 0.581. The van der Waals surface area contributed by atoms with Gasteiger partial charge in [-0.3, -0.25) is 0 Å². The molecule has 0 radical (unpaired) electrons. The standard InChI is InChI=1S/C13H12BrClN2O2S/c14-11-4-2-1-3-9(11)8-17-20(18,19)13-6-5-10(15)7-12(13)16/h1-7,17H,8,16H2. The zero-order valence-corrected chi connectivity index (χ0v) is 13.5. The summed E-state index contributed by atoms with van der Waals surface area (Å²) in [6.45, 7) is 0.172. The second-order valence-corrected chi connectivity index (χ2v) is 7.12. The first-order chi connectivity index (χ1) is 9.40. The number of nitrogens with one attached hydrogen (secondary N) is 1. The van der Waals surface area contributed by atoms with E-state index in [1.807, 2.05) is 24.3 Å². The molecule has 20 heavy (non-hydrogen) atoms. The lowest BCUT2D eigenvalue weighted by Gasteiger charge is -2.10. The van der Waals surface area contributed by atoms with Gasteiger partial charge in [-0.2, -0.15) is 0 Å². The topological polar surface area (TPSA) is 72.2 Å². The van der Waals surface area contributed by atoms with Crippen LogP contribution in [0.4, 0.5) is 5.69 Å². The molecule has 0 fully saturated rings. The third kappa shape index (κ3) is 3.52. The van der Waals surface area contributed by atoms with Crippen molar-refractivity contribution in [2.24, 2.45) is 0 Å². The molecule has 2 aromatic rings. The van der Waals surface area contributed by atoms with Crippen molar-refractivity contribution in [3.8, 4) is 0 Å². The van der Waals surface area contributed by atoms with E-state index in [0.717, 1.165) is 10.0 Å². The Kier molecular flexibility index (Phi) is 4.70. The van der Waals surface area contributed by atoms with E-state index in [0.29, 0.717) is 5.02 Å². The van der Waals surface area contributed by atoms with Crippen molar-refractivity contribution in [3.63, 3.8) is 0 Å². The SMILES string of the molecule is Nc1cc(Cl)ccc1S(=O)(=O)NCc1ccccc1Br. The van der Waals surface area contributed by atoms with Gasteiger partial charge >= 0.3 is 0 Å². The van der Waals surface area contributed by atoms with Crippen LogP contribution in [-0.4, -0.2) is 8.42 Å². The zero-order chi connectivity index (χ0) is 14.8. The number of anilines is 1. The zero-order valence-electron chi connectivity index (χ0n) is 10.3. The number of nitrogen functional groups attached to an aromatic ring is 1. The summed E-state index contributed by atoms with van der Waals surface area (Å²) in [5.41, 5.74) is 6.65. The van der Waals surface area contributed by atoms with Crippen molar-refractivity contribution >= 4 is 43.2 Å². The molecule has 0 unspecified atom stereocenters. The minimum absolute atomic E-state index is 0.0222. The largest absolute Gasteiger partial charge is 0.398 e. The Hall–Kier alpha value is -1.08. The number of hydrogen-bond acceptors (Lipinski definition) is 3. The first-order valence-electron chi connectivity index (χ1n) is 5.68. The van der Waals surface area contributed by atoms with Crippen LogP contribution in [-0.2, 0) is 16.6 Å². The molecular weight excluding hydrogens is 364 g/mol. The molecule has 7 heteroatoms. The maximum atomic E-state index is 12.2. The summed E-state index contributed by atoms with van der Waals surface area (Å²) in [5.74, 6) is 0. The second kappa shape index (κ2) is 6.13. The van der Waals surface area contributed by atoms with Crippen LogP contribution in [0.25, 0.3) is 0 Å². The summed E-state index contributed by atoms with van der Waals surface area (Å²) in [7, 11) is -3.68. The number of nitrogens with two attached hydrogens (primary N) is 1. The molecule has 0 aliphatic rings. The first kappa shape index (κ1) is 15.3. The Balaban J connectivity index is 2.22. The first-order valence-corrected chi connectivity index (χ1v) is 8.33. The monoisotopic (exact) mass is 374 g/mol. The van der Waals surface area contributed by atoms with Gasteiger partial charge in [-0.1, -0.05) is 45.7 Å². The van der Waals surface area contributed by atoms with Gasteiger partial charge in [0.25, 0.3) is 0 Å². The Labute approximate surface area is 131 Å². The number of halogens is 2. The van der Waals surface area contributed by atoms with Crippen LogP contribution in [0.2, 0.25) is 5.02 Å². The van der Waals surface area contributed by atoms with Crippen LogP contribution in [0.1, 0.15) is 5.56 Å². The van der Waals surface area contributed by atoms with Crippen molar-refractivity contribution in [1.29, 1.82) is 0 Å². The van der Waals surface area contributed by atoms with Gasteiger partial charge in [0.2, 0.25) is 10.0 Å². The Bertz CT molecular complexity index is 735. The highest BCUT2D eigenvalue weighted by atomic mass is 79.9. The summed E-state index contributed by atoms with van der Waals surface area (Å²) in [6.07, 6.45) is 0. The predicted molar refractivity (Wildman–Crippen MR) is 84.0 cm³/mol. The van der Waals surface area contributed by atoms with E-state index in [2.05, 4.69) is 20.7 Å². The van der Waals surface area contributed by atoms with Crippen molar-refractivity contribution in [3.05, 3.63) is 57.5 Å². The Morgan fingerprint density at radius 1 is 1.20 bits per heavy atom. The second-order valence-electron chi connectivity index (χ2n) is 4.10. The van der Waals surface area contributed by atoms with Gasteiger partial charge in [-0.05, 0) is 29.8 Å². The van der Waals surface area contributed by atoms with E-state index in [1.165, 1.54) is 18.2 Å². The van der Waals surface area contributed by atoms with Crippen molar-refractivity contribution < 1.29 is 8.42 Å². The van der Waals surface area contributed by atoms with Crippen molar-refractivity contribution in [2.75, 3.05) is 5.73 Å². The fourth-order valence-electron chi connectivity index (χ4n) is 1.66. The molecule has 0 heterocycles. The normalized spacial score (nSPS) is 11.5. The van der Waals surface area contributed by atoms with Crippen LogP contribution >= 0.6 is 27.5 Å². The number of sulfonamides is 1. The lowest BCUT2D eigenvalue weighted by Crippen LogP contribution is -2.24. The smallest absolute Gasteiger partial charge is 0.242 e. The molecular formula is C13H12BrClN2O2S. The number of rotatable bonds is 4. The van der Waals surface area contributed by atoms with Crippen LogP contribution < -0.4 is 10.5 Å². The molecule has 0 aliphatic carbocycles. The maximum absolute atomic E-state index is 12.2. The fourth-order valence-corrected chi connectivity index (χ4v) is 3.38. The van der Waals surface area contributed by atoms with Crippen LogP contribution in [0.3, 0.4) is 0 Å². The highest BCUT2D eigenvalue weighted by molar-refractivity contribution is 9.10. The minimum Gasteiger partial charge on any atom is -0.398 e. The van der Waals surface area contributed by atoms with E-state index in [4.69, 9.17) is 17.3 Å². The molecule has 0 saturated heterocycles. The lowest BCUT2D eigenvalue weighted by atomic mass is 10.2. The summed E-state index contributed by atoms with van der Waals surface area (Å²) < 4.78 is 27.8. The van der Waals surface area contributed by atoms with Gasteiger partial charge in [-0.15, -0.1) is 0 Å². The van der Waals surface area contributed by atoms with Gasteiger partial charge < -0.3 is 5.73 Å². The molecule has 106 valence electrons.